The van der Waals surface area contributed by atoms with E-state index >= 15 is 0 Å². The van der Waals surface area contributed by atoms with Crippen molar-refractivity contribution in [1.82, 2.24) is 0 Å². The largest absolute Gasteiger partial charge is 0.465 e. The molecule has 1 rings (SSSR count). The summed E-state index contributed by atoms with van der Waals surface area (Å²) < 4.78 is 10.2. The lowest BCUT2D eigenvalue weighted by Gasteiger charge is -2.24. The van der Waals surface area contributed by atoms with Crippen molar-refractivity contribution < 1.29 is 19.1 Å². The van der Waals surface area contributed by atoms with Gasteiger partial charge in [0.25, 0.3) is 0 Å². The highest BCUT2D eigenvalue weighted by atomic mass is 16.6. The average molecular weight is 280 g/mol. The van der Waals surface area contributed by atoms with Crippen molar-refractivity contribution in [2.24, 2.45) is 5.41 Å². The number of carbonyl (C=O) groups is 2. The third kappa shape index (κ3) is 3.71. The minimum Gasteiger partial charge on any atom is -0.465 e. The van der Waals surface area contributed by atoms with Crippen LogP contribution >= 0.6 is 0 Å². The Morgan fingerprint density at radius 1 is 1.20 bits per heavy atom. The second-order valence-electron chi connectivity index (χ2n) is 5.25. The van der Waals surface area contributed by atoms with E-state index in [1.807, 2.05) is 19.9 Å². The van der Waals surface area contributed by atoms with E-state index in [9.17, 15) is 9.59 Å². The lowest BCUT2D eigenvalue weighted by molar-refractivity contribution is -0.171. The van der Waals surface area contributed by atoms with Crippen molar-refractivity contribution in [2.75, 3.05) is 13.2 Å². The number of rotatable bonds is 6. The summed E-state index contributed by atoms with van der Waals surface area (Å²) in [7, 11) is 0. The van der Waals surface area contributed by atoms with E-state index in [0.29, 0.717) is 12.8 Å². The Bertz CT molecular complexity index is 410. The first-order valence-electron chi connectivity index (χ1n) is 7.12. The first-order valence-corrected chi connectivity index (χ1v) is 7.12. The molecule has 0 saturated carbocycles. The van der Waals surface area contributed by atoms with E-state index in [1.54, 1.807) is 13.8 Å². The molecule has 0 unspecified atom stereocenters. The molecule has 4 heteroatoms. The van der Waals surface area contributed by atoms with Gasteiger partial charge in [0.05, 0.1) is 13.2 Å². The Morgan fingerprint density at radius 2 is 1.75 bits per heavy atom. The number of hydrogen-bond donors (Lipinski definition) is 0. The molecule has 0 aliphatic heterocycles. The van der Waals surface area contributed by atoms with Crippen LogP contribution in [0.3, 0.4) is 0 Å². The van der Waals surface area contributed by atoms with Gasteiger partial charge in [-0.25, -0.2) is 0 Å². The van der Waals surface area contributed by atoms with Crippen molar-refractivity contribution in [1.29, 1.82) is 0 Å². The molecule has 0 amide bonds. The molecular weight excluding hydrogens is 256 g/mol. The van der Waals surface area contributed by atoms with Crippen molar-refractivity contribution in [3.63, 3.8) is 0 Å². The van der Waals surface area contributed by atoms with Crippen LogP contribution < -0.4 is 0 Å². The summed E-state index contributed by atoms with van der Waals surface area (Å²) in [6, 6.07) is 0. The third-order valence-electron chi connectivity index (χ3n) is 3.37. The maximum absolute atomic E-state index is 12.2. The lowest BCUT2D eigenvalue weighted by atomic mass is 9.84. The fraction of sp³-hybridized carbons (Fsp3) is 0.625. The van der Waals surface area contributed by atoms with Crippen molar-refractivity contribution >= 4 is 11.9 Å². The fourth-order valence-electron chi connectivity index (χ4n) is 2.27. The summed E-state index contributed by atoms with van der Waals surface area (Å²) in [5, 5.41) is 0. The number of hydrogen-bond acceptors (Lipinski definition) is 4. The van der Waals surface area contributed by atoms with Gasteiger partial charge in [-0.15, -0.1) is 0 Å². The molecule has 0 aromatic carbocycles. The smallest absolute Gasteiger partial charge is 0.324 e. The molecule has 0 aromatic rings. The molecule has 1 aliphatic rings. The van der Waals surface area contributed by atoms with Gasteiger partial charge >= 0.3 is 11.9 Å². The first-order chi connectivity index (χ1) is 9.46. The van der Waals surface area contributed by atoms with E-state index in [2.05, 4.69) is 6.08 Å². The van der Waals surface area contributed by atoms with Crippen LogP contribution in [0.1, 0.15) is 47.0 Å². The molecule has 0 fully saturated rings. The monoisotopic (exact) mass is 280 g/mol. The molecular formula is C16H24O4. The van der Waals surface area contributed by atoms with Crippen LogP contribution in [0.25, 0.3) is 0 Å². The van der Waals surface area contributed by atoms with Crippen molar-refractivity contribution in [3.05, 3.63) is 23.3 Å². The Hall–Kier alpha value is -1.58. The minimum absolute atomic E-state index is 0.267. The molecule has 0 bridgehead atoms. The van der Waals surface area contributed by atoms with Crippen LogP contribution in [0.4, 0.5) is 0 Å². The van der Waals surface area contributed by atoms with Gasteiger partial charge < -0.3 is 9.47 Å². The summed E-state index contributed by atoms with van der Waals surface area (Å²) in [6.07, 6.45) is 5.60. The lowest BCUT2D eigenvalue weighted by Crippen LogP contribution is -2.40. The summed E-state index contributed by atoms with van der Waals surface area (Å²) >= 11 is 0. The Balaban J connectivity index is 2.86. The minimum atomic E-state index is -1.17. The van der Waals surface area contributed by atoms with Crippen LogP contribution in [-0.2, 0) is 19.1 Å². The zero-order valence-electron chi connectivity index (χ0n) is 12.8. The molecule has 1 aliphatic carbocycles. The van der Waals surface area contributed by atoms with Crippen LogP contribution in [0, 0.1) is 5.41 Å². The Morgan fingerprint density at radius 3 is 2.20 bits per heavy atom. The molecule has 0 spiro atoms. The van der Waals surface area contributed by atoms with Gasteiger partial charge in [-0.3, -0.25) is 9.59 Å². The van der Waals surface area contributed by atoms with Crippen LogP contribution in [0.2, 0.25) is 0 Å². The summed E-state index contributed by atoms with van der Waals surface area (Å²) in [5.74, 6) is -0.941. The van der Waals surface area contributed by atoms with Gasteiger partial charge in [0, 0.05) is 0 Å². The first kappa shape index (κ1) is 16.5. The molecule has 0 N–H and O–H groups in total. The van der Waals surface area contributed by atoms with Gasteiger partial charge in [0.1, 0.15) is 0 Å². The molecule has 0 aromatic heterocycles. The highest BCUT2D eigenvalue weighted by molar-refractivity contribution is 6.01. The molecule has 0 radical (unpaired) electrons. The SMILES string of the molecule is CCOC(=O)C1(C(=O)OCC)CC=C(CC=C(C)C)C1. The highest BCUT2D eigenvalue weighted by Gasteiger charge is 2.50. The van der Waals surface area contributed by atoms with Crippen LogP contribution in [0.15, 0.2) is 23.3 Å². The predicted octanol–water partition coefficient (Wildman–Crippen LogP) is 3.18. The maximum Gasteiger partial charge on any atom is 0.324 e. The second-order valence-corrected chi connectivity index (χ2v) is 5.25. The number of allylic oxidation sites excluding steroid dienone is 4. The van der Waals surface area contributed by atoms with E-state index < -0.39 is 17.4 Å². The molecule has 20 heavy (non-hydrogen) atoms. The van der Waals surface area contributed by atoms with Crippen LogP contribution in [0.5, 0.6) is 0 Å². The van der Waals surface area contributed by atoms with E-state index in [0.717, 1.165) is 12.0 Å². The quantitative estimate of drug-likeness (QED) is 0.426. The van der Waals surface area contributed by atoms with Gasteiger partial charge in [-0.2, -0.15) is 0 Å². The third-order valence-corrected chi connectivity index (χ3v) is 3.37. The Labute approximate surface area is 120 Å². The van der Waals surface area contributed by atoms with E-state index in [4.69, 9.17) is 9.47 Å². The molecule has 0 saturated heterocycles. The molecule has 0 atom stereocenters. The summed E-state index contributed by atoms with van der Waals surface area (Å²) in [5.41, 5.74) is 1.14. The molecule has 112 valence electrons. The average Bonchev–Trinajstić information content (AvgIpc) is 2.82. The Kier molecular flexibility index (Phi) is 5.99. The molecule has 4 nitrogen and oxygen atoms in total. The second kappa shape index (κ2) is 7.27. The maximum atomic E-state index is 12.2. The van der Waals surface area contributed by atoms with Crippen LogP contribution in [-0.4, -0.2) is 25.2 Å². The fourth-order valence-corrected chi connectivity index (χ4v) is 2.27. The number of ether oxygens (including phenoxy) is 2. The van der Waals surface area contributed by atoms with Gasteiger partial charge in [-0.05, 0) is 47.0 Å². The van der Waals surface area contributed by atoms with Gasteiger partial charge in [-0.1, -0.05) is 23.3 Å². The van der Waals surface area contributed by atoms with E-state index in [1.165, 1.54) is 5.57 Å². The summed E-state index contributed by atoms with van der Waals surface area (Å²) in [6.45, 7) is 8.07. The standard InChI is InChI=1S/C16H24O4/c1-5-19-14(17)16(15(18)20-6-2)10-9-13(11-16)8-7-12(3)4/h7,9H,5-6,8,10-11H2,1-4H3. The number of esters is 2. The molecule has 0 heterocycles. The number of carbonyl (C=O) groups excluding carboxylic acids is 2. The van der Waals surface area contributed by atoms with Gasteiger partial charge in [0.2, 0.25) is 0 Å². The topological polar surface area (TPSA) is 52.6 Å². The zero-order valence-corrected chi connectivity index (χ0v) is 12.8. The van der Waals surface area contributed by atoms with E-state index in [-0.39, 0.29) is 13.2 Å². The van der Waals surface area contributed by atoms with Gasteiger partial charge in [0.15, 0.2) is 5.41 Å². The van der Waals surface area contributed by atoms with Crippen molar-refractivity contribution in [3.8, 4) is 0 Å². The predicted molar refractivity (Wildman–Crippen MR) is 77.1 cm³/mol. The highest BCUT2D eigenvalue weighted by Crippen LogP contribution is 2.41. The zero-order chi connectivity index (χ0) is 15.2. The normalized spacial score (nSPS) is 16.3. The summed E-state index contributed by atoms with van der Waals surface area (Å²) in [4.78, 5) is 24.4. The van der Waals surface area contributed by atoms with Crippen molar-refractivity contribution in [2.45, 2.75) is 47.0 Å².